The van der Waals surface area contributed by atoms with Crippen molar-refractivity contribution < 1.29 is 9.68 Å². The number of rotatable bonds is 7. The molecule has 0 aliphatic rings. The molecule has 6 nitrogen and oxygen atoms in total. The Morgan fingerprint density at radius 2 is 0.568 bits per heavy atom. The van der Waals surface area contributed by atoms with E-state index in [9.17, 15) is 0 Å². The zero-order valence-corrected chi connectivity index (χ0v) is 46.7. The predicted molar refractivity (Wildman–Crippen MR) is 348 cm³/mol. The van der Waals surface area contributed by atoms with E-state index in [0.29, 0.717) is 13.4 Å². The summed E-state index contributed by atoms with van der Waals surface area (Å²) in [7, 11) is 0.696. The van der Waals surface area contributed by atoms with Crippen LogP contribution >= 0.6 is 31.9 Å². The summed E-state index contributed by atoms with van der Waals surface area (Å²) in [5.74, 6) is 0.645. The van der Waals surface area contributed by atoms with Gasteiger partial charge in [0.25, 0.3) is 0 Å². The van der Waals surface area contributed by atoms with E-state index in [1.807, 2.05) is 54.6 Å². The maximum Gasteiger partial charge on any atom is 0.569 e. The second-order valence-electron chi connectivity index (χ2n) is 20.1. The number of para-hydroxylation sites is 1. The molecule has 0 spiro atoms. The van der Waals surface area contributed by atoms with Crippen LogP contribution in [0, 0.1) is 0 Å². The lowest BCUT2D eigenvalue weighted by atomic mass is 9.93. The van der Waals surface area contributed by atoms with Crippen molar-refractivity contribution >= 4 is 127 Å². The van der Waals surface area contributed by atoms with Crippen LogP contribution in [0.1, 0.15) is 0 Å². The van der Waals surface area contributed by atoms with Gasteiger partial charge < -0.3 is 29.6 Å². The molecular formula is C72H48BBr2N4O2. The number of nitrogens with one attached hydrogen (secondary N) is 4. The first kappa shape index (κ1) is 49.9. The lowest BCUT2D eigenvalue weighted by Gasteiger charge is -2.10. The fourth-order valence-corrected chi connectivity index (χ4v) is 12.4. The highest BCUT2D eigenvalue weighted by Crippen LogP contribution is 2.42. The molecule has 0 aliphatic carbocycles. The fourth-order valence-electron chi connectivity index (χ4n) is 11.6. The highest BCUT2D eigenvalue weighted by Gasteiger charge is 2.17. The van der Waals surface area contributed by atoms with E-state index < -0.39 is 0 Å². The number of aromatic amines is 4. The molecule has 1 radical (unpaired) electrons. The average molecular weight is 1170 g/mol. The van der Waals surface area contributed by atoms with E-state index in [2.05, 4.69) is 258 Å². The minimum Gasteiger partial charge on any atom is -0.537 e. The summed E-state index contributed by atoms with van der Waals surface area (Å²) in [5, 5.41) is 18.5. The second kappa shape index (κ2) is 21.4. The third-order valence-corrected chi connectivity index (χ3v) is 16.4. The third kappa shape index (κ3) is 9.35. The van der Waals surface area contributed by atoms with E-state index in [1.165, 1.54) is 87.6 Å². The number of fused-ring (bicyclic) bond motifs is 14. The largest absolute Gasteiger partial charge is 0.569 e. The molecular weight excluding hydrogens is 1120 g/mol. The number of halogens is 2. The molecule has 4 aromatic heterocycles. The van der Waals surface area contributed by atoms with Crippen molar-refractivity contribution in [2.24, 2.45) is 0 Å². The number of H-pyrrole nitrogens is 4. The molecule has 0 aliphatic heterocycles. The lowest BCUT2D eigenvalue weighted by Crippen LogP contribution is -2.00. The van der Waals surface area contributed by atoms with Crippen molar-refractivity contribution in [2.45, 2.75) is 0 Å². The van der Waals surface area contributed by atoms with E-state index in [-0.39, 0.29) is 0 Å². The van der Waals surface area contributed by atoms with Gasteiger partial charge in [-0.2, -0.15) is 0 Å². The van der Waals surface area contributed by atoms with E-state index in [4.69, 9.17) is 9.68 Å². The van der Waals surface area contributed by atoms with Crippen LogP contribution in [0.5, 0.6) is 5.75 Å². The van der Waals surface area contributed by atoms with E-state index in [0.717, 1.165) is 64.2 Å². The molecule has 385 valence electrons. The molecule has 4 heterocycles. The van der Waals surface area contributed by atoms with Gasteiger partial charge in [-0.05, 0) is 117 Å². The van der Waals surface area contributed by atoms with Gasteiger partial charge in [-0.3, -0.25) is 0 Å². The van der Waals surface area contributed by atoms with Gasteiger partial charge in [0.2, 0.25) is 0 Å². The van der Waals surface area contributed by atoms with Gasteiger partial charge in [-0.15, -0.1) is 0 Å². The Hall–Kier alpha value is -9.38. The molecule has 0 amide bonds. The van der Waals surface area contributed by atoms with Gasteiger partial charge in [0.15, 0.2) is 0 Å². The number of hydrogen-bond donors (Lipinski definition) is 5. The first-order valence-corrected chi connectivity index (χ1v) is 28.4. The van der Waals surface area contributed by atoms with E-state index >= 15 is 0 Å². The van der Waals surface area contributed by atoms with Gasteiger partial charge in [-0.25, -0.2) is 0 Å². The average Bonchev–Trinajstić information content (AvgIpc) is 3.59. The molecule has 5 N–H and O–H groups in total. The Bertz CT molecular complexity index is 4720. The first-order chi connectivity index (χ1) is 39.9. The SMILES string of the molecule is Brc1ccc2[nH]c3c(ccc4c5cc(Br)ccc5[nH]c43)c2c1.O[B]Oc1ccccc1-c1ccccc1.c1ccc(-c2ccccc2-c2ccc3[nH]c4c(ccc5c6cc(-c7ccccc7-c7ccccc7)ccc6[nH]c54)c3c2)cc1. The van der Waals surface area contributed by atoms with Crippen LogP contribution in [0.15, 0.2) is 270 Å². The van der Waals surface area contributed by atoms with Crippen LogP contribution in [-0.4, -0.2) is 32.6 Å². The van der Waals surface area contributed by atoms with Crippen LogP contribution in [0.2, 0.25) is 0 Å². The van der Waals surface area contributed by atoms with Crippen LogP contribution < -0.4 is 4.65 Å². The Balaban J connectivity index is 0.000000131. The summed E-state index contributed by atoms with van der Waals surface area (Å²) >= 11 is 7.12. The zero-order valence-electron chi connectivity index (χ0n) is 43.5. The summed E-state index contributed by atoms with van der Waals surface area (Å²) < 4.78 is 7.22. The standard InChI is InChI=1S/C42H28N2.C18H10Br2N2.C12H10BO2/c1-3-11-27(12-4-1)31-15-7-9-17-33(31)29-19-23-39-37(25-29)35-21-22-36-38-26-30(20-24-40(38)44-42(36)41(35)43-39)34-18-10-8-16-32(34)28-13-5-2-6-14-28;19-9-1-5-15-13(7-9)11-3-4-12-14-8-10(20)2-6-16(14)22-18(12)17(11)21-15;14-13-15-12-9-5-4-8-11(12)10-6-2-1-3-7-10/h1-26,43-44H;1-8,21-22H;1-9,14H. The molecule has 9 heteroatoms. The topological polar surface area (TPSA) is 92.6 Å². The highest BCUT2D eigenvalue weighted by molar-refractivity contribution is 9.10. The summed E-state index contributed by atoms with van der Waals surface area (Å²) in [5.41, 5.74) is 21.1. The van der Waals surface area contributed by atoms with Crippen molar-refractivity contribution in [3.63, 3.8) is 0 Å². The molecule has 0 atom stereocenters. The molecule has 0 unspecified atom stereocenters. The molecule has 12 aromatic carbocycles. The lowest BCUT2D eigenvalue weighted by molar-refractivity contribution is 0.455. The van der Waals surface area contributed by atoms with E-state index in [1.54, 1.807) is 0 Å². The molecule has 0 saturated carbocycles. The zero-order chi connectivity index (χ0) is 54.4. The van der Waals surface area contributed by atoms with Gasteiger partial charge in [0, 0.05) is 79.7 Å². The molecule has 0 fully saturated rings. The van der Waals surface area contributed by atoms with Crippen LogP contribution in [0.25, 0.3) is 143 Å². The molecule has 16 rings (SSSR count). The van der Waals surface area contributed by atoms with Crippen LogP contribution in [0.3, 0.4) is 0 Å². The maximum atomic E-state index is 8.64. The Morgan fingerprint density at radius 3 is 0.938 bits per heavy atom. The monoisotopic (exact) mass is 1170 g/mol. The summed E-state index contributed by atoms with van der Waals surface area (Å²) in [6.45, 7) is 0. The number of hydrogen-bond acceptors (Lipinski definition) is 2. The summed E-state index contributed by atoms with van der Waals surface area (Å²) in [4.78, 5) is 14.6. The Morgan fingerprint density at radius 1 is 0.272 bits per heavy atom. The van der Waals surface area contributed by atoms with Gasteiger partial charge in [0.05, 0.1) is 22.1 Å². The molecule has 0 saturated heterocycles. The smallest absolute Gasteiger partial charge is 0.537 e. The van der Waals surface area contributed by atoms with Crippen molar-refractivity contribution in [3.05, 3.63) is 270 Å². The van der Waals surface area contributed by atoms with Crippen LogP contribution in [-0.2, 0) is 0 Å². The molecule has 16 aromatic rings. The van der Waals surface area contributed by atoms with Gasteiger partial charge >= 0.3 is 7.69 Å². The predicted octanol–water partition coefficient (Wildman–Crippen LogP) is 20.4. The number of benzene rings is 12. The Kier molecular flexibility index (Phi) is 13.2. The minimum absolute atomic E-state index is 0.645. The van der Waals surface area contributed by atoms with Crippen molar-refractivity contribution in [1.29, 1.82) is 0 Å². The Labute approximate surface area is 484 Å². The van der Waals surface area contributed by atoms with Gasteiger partial charge in [0.1, 0.15) is 5.75 Å². The molecule has 81 heavy (non-hydrogen) atoms. The third-order valence-electron chi connectivity index (χ3n) is 15.4. The van der Waals surface area contributed by atoms with Crippen LogP contribution in [0.4, 0.5) is 0 Å². The second-order valence-corrected chi connectivity index (χ2v) is 22.0. The fraction of sp³-hybridized carbons (Fsp3) is 0. The van der Waals surface area contributed by atoms with Crippen molar-refractivity contribution in [2.75, 3.05) is 0 Å². The normalized spacial score (nSPS) is 11.4. The quantitative estimate of drug-likeness (QED) is 0.103. The minimum atomic E-state index is 0.645. The first-order valence-electron chi connectivity index (χ1n) is 26.8. The highest BCUT2D eigenvalue weighted by atomic mass is 79.9. The van der Waals surface area contributed by atoms with Crippen molar-refractivity contribution in [1.82, 2.24) is 19.9 Å². The maximum absolute atomic E-state index is 8.64. The number of aromatic nitrogens is 4. The molecule has 0 bridgehead atoms. The van der Waals surface area contributed by atoms with Crippen molar-refractivity contribution in [3.8, 4) is 61.4 Å². The van der Waals surface area contributed by atoms with Gasteiger partial charge in [-0.1, -0.05) is 226 Å². The summed E-state index contributed by atoms with van der Waals surface area (Å²) in [6.07, 6.45) is 0. The summed E-state index contributed by atoms with van der Waals surface area (Å²) in [6, 6.07) is 91.4.